The van der Waals surface area contributed by atoms with E-state index in [1.807, 2.05) is 19.1 Å². The van der Waals surface area contributed by atoms with Gasteiger partial charge >= 0.3 is 0 Å². The van der Waals surface area contributed by atoms with Gasteiger partial charge in [0.05, 0.1) is 6.42 Å². The van der Waals surface area contributed by atoms with Crippen LogP contribution in [0.4, 0.5) is 0 Å². The quantitative estimate of drug-likeness (QED) is 0.668. The Morgan fingerprint density at radius 3 is 1.67 bits per heavy atom. The second kappa shape index (κ2) is 6.18. The van der Waals surface area contributed by atoms with Crippen LogP contribution in [0.25, 0.3) is 5.57 Å². The zero-order valence-corrected chi connectivity index (χ0v) is 11.8. The predicted octanol–water partition coefficient (Wildman–Crippen LogP) is 3.88. The lowest BCUT2D eigenvalue weighted by Gasteiger charge is -2.04. The molecule has 0 saturated heterocycles. The number of allylic oxidation sites excluding steroid dienone is 1. The van der Waals surface area contributed by atoms with Gasteiger partial charge in [0.25, 0.3) is 0 Å². The highest BCUT2D eigenvalue weighted by molar-refractivity contribution is 6.13. The van der Waals surface area contributed by atoms with Gasteiger partial charge in [-0.2, -0.15) is 0 Å². The molecule has 2 rings (SSSR count). The fraction of sp³-hybridized carbons (Fsp3) is 0.111. The number of Topliss-reactive ketones (excluding diaryl/α,β-unsaturated/α-hetero) is 2. The van der Waals surface area contributed by atoms with E-state index in [0.717, 1.165) is 11.1 Å². The SMILES string of the molecule is C=C(C)c1ccc(C(=O)CC(=O)c2ccc(O)cc2)cc1. The molecular formula is C18H16O3. The van der Waals surface area contributed by atoms with Crippen molar-refractivity contribution in [3.8, 4) is 5.75 Å². The molecule has 106 valence electrons. The Bertz CT molecular complexity index is 679. The summed E-state index contributed by atoms with van der Waals surface area (Å²) in [6.45, 7) is 5.73. The summed E-state index contributed by atoms with van der Waals surface area (Å²) in [7, 11) is 0. The Kier molecular flexibility index (Phi) is 4.33. The van der Waals surface area contributed by atoms with Crippen molar-refractivity contribution >= 4 is 17.1 Å². The number of hydrogen-bond donors (Lipinski definition) is 1. The Labute approximate surface area is 123 Å². The Balaban J connectivity index is 2.08. The lowest BCUT2D eigenvalue weighted by Crippen LogP contribution is -2.08. The molecule has 0 radical (unpaired) electrons. The van der Waals surface area contributed by atoms with Gasteiger partial charge in [-0.1, -0.05) is 36.4 Å². The Hall–Kier alpha value is -2.68. The molecule has 0 heterocycles. The summed E-state index contributed by atoms with van der Waals surface area (Å²) in [5.41, 5.74) is 2.82. The maximum Gasteiger partial charge on any atom is 0.170 e. The lowest BCUT2D eigenvalue weighted by atomic mass is 9.99. The number of carbonyl (C=O) groups excluding carboxylic acids is 2. The van der Waals surface area contributed by atoms with Gasteiger partial charge < -0.3 is 5.11 Å². The molecule has 21 heavy (non-hydrogen) atoms. The molecule has 0 unspecified atom stereocenters. The third kappa shape index (κ3) is 3.66. The minimum atomic E-state index is -0.260. The fourth-order valence-electron chi connectivity index (χ4n) is 1.94. The van der Waals surface area contributed by atoms with Crippen LogP contribution in [-0.4, -0.2) is 16.7 Å². The van der Waals surface area contributed by atoms with Crippen LogP contribution in [0, 0.1) is 0 Å². The molecule has 2 aromatic rings. The number of carbonyl (C=O) groups is 2. The third-order valence-electron chi connectivity index (χ3n) is 3.21. The number of phenolic OH excluding ortho intramolecular Hbond substituents is 1. The topological polar surface area (TPSA) is 54.4 Å². The maximum absolute atomic E-state index is 12.1. The second-order valence-electron chi connectivity index (χ2n) is 4.93. The van der Waals surface area contributed by atoms with Crippen LogP contribution in [0.1, 0.15) is 39.6 Å². The molecule has 0 amide bonds. The molecule has 0 saturated carbocycles. The van der Waals surface area contributed by atoms with Gasteiger partial charge in [0.1, 0.15) is 5.75 Å². The minimum Gasteiger partial charge on any atom is -0.508 e. The number of benzene rings is 2. The number of phenols is 1. The van der Waals surface area contributed by atoms with E-state index in [1.165, 1.54) is 24.3 Å². The van der Waals surface area contributed by atoms with Gasteiger partial charge in [-0.25, -0.2) is 0 Å². The van der Waals surface area contributed by atoms with Gasteiger partial charge in [-0.15, -0.1) is 0 Å². The highest BCUT2D eigenvalue weighted by Gasteiger charge is 2.13. The van der Waals surface area contributed by atoms with Crippen LogP contribution in [-0.2, 0) is 0 Å². The molecule has 0 bridgehead atoms. The molecule has 3 heteroatoms. The minimum absolute atomic E-state index is 0.0910. The number of aromatic hydroxyl groups is 1. The predicted molar refractivity (Wildman–Crippen MR) is 82.5 cm³/mol. The second-order valence-corrected chi connectivity index (χ2v) is 4.93. The summed E-state index contributed by atoms with van der Waals surface area (Å²) >= 11 is 0. The van der Waals surface area contributed by atoms with Crippen molar-refractivity contribution in [2.75, 3.05) is 0 Å². The smallest absolute Gasteiger partial charge is 0.170 e. The van der Waals surface area contributed by atoms with E-state index >= 15 is 0 Å². The summed E-state index contributed by atoms with van der Waals surface area (Å²) in [5, 5.41) is 9.18. The van der Waals surface area contributed by atoms with Gasteiger partial charge in [0.15, 0.2) is 11.6 Å². The van der Waals surface area contributed by atoms with E-state index in [9.17, 15) is 14.7 Å². The van der Waals surface area contributed by atoms with Gasteiger partial charge in [0.2, 0.25) is 0 Å². The van der Waals surface area contributed by atoms with Crippen molar-refractivity contribution in [3.05, 3.63) is 71.8 Å². The first-order valence-corrected chi connectivity index (χ1v) is 6.59. The van der Waals surface area contributed by atoms with Crippen molar-refractivity contribution in [2.45, 2.75) is 13.3 Å². The molecule has 3 nitrogen and oxygen atoms in total. The van der Waals surface area contributed by atoms with Crippen LogP contribution in [0.3, 0.4) is 0 Å². The zero-order valence-electron chi connectivity index (χ0n) is 11.8. The highest BCUT2D eigenvalue weighted by Crippen LogP contribution is 2.15. The first-order valence-electron chi connectivity index (χ1n) is 6.59. The molecular weight excluding hydrogens is 264 g/mol. The largest absolute Gasteiger partial charge is 0.508 e. The van der Waals surface area contributed by atoms with Crippen molar-refractivity contribution in [3.63, 3.8) is 0 Å². The molecule has 0 fully saturated rings. The molecule has 0 aromatic heterocycles. The highest BCUT2D eigenvalue weighted by atomic mass is 16.3. The zero-order chi connectivity index (χ0) is 15.4. The first kappa shape index (κ1) is 14.7. The monoisotopic (exact) mass is 280 g/mol. The molecule has 0 aliphatic carbocycles. The van der Waals surface area contributed by atoms with E-state index in [2.05, 4.69) is 6.58 Å². The van der Waals surface area contributed by atoms with Crippen LogP contribution in [0.15, 0.2) is 55.1 Å². The van der Waals surface area contributed by atoms with Crippen LogP contribution in [0.2, 0.25) is 0 Å². The average Bonchev–Trinajstić information content (AvgIpc) is 2.47. The number of rotatable bonds is 5. The molecule has 0 aliphatic rings. The Morgan fingerprint density at radius 1 is 0.857 bits per heavy atom. The van der Waals surface area contributed by atoms with E-state index in [4.69, 9.17) is 0 Å². The standard InChI is InChI=1S/C18H16O3/c1-12(2)13-3-5-14(6-4-13)17(20)11-18(21)15-7-9-16(19)10-8-15/h3-10,19H,1,11H2,2H3. The summed E-state index contributed by atoms with van der Waals surface area (Å²) < 4.78 is 0. The molecule has 0 spiro atoms. The number of ketones is 2. The lowest BCUT2D eigenvalue weighted by molar-refractivity contribution is 0.0894. The van der Waals surface area contributed by atoms with Crippen LogP contribution in [0.5, 0.6) is 5.75 Å². The van der Waals surface area contributed by atoms with Crippen molar-refractivity contribution < 1.29 is 14.7 Å². The number of hydrogen-bond acceptors (Lipinski definition) is 3. The first-order chi connectivity index (χ1) is 9.97. The van der Waals surface area contributed by atoms with E-state index in [-0.39, 0.29) is 23.7 Å². The summed E-state index contributed by atoms with van der Waals surface area (Å²) in [5.74, 6) is -0.390. The van der Waals surface area contributed by atoms with E-state index in [0.29, 0.717) is 11.1 Å². The maximum atomic E-state index is 12.1. The van der Waals surface area contributed by atoms with Crippen molar-refractivity contribution in [1.82, 2.24) is 0 Å². The van der Waals surface area contributed by atoms with E-state index in [1.54, 1.807) is 12.1 Å². The summed E-state index contributed by atoms with van der Waals surface area (Å²) in [6.07, 6.45) is -0.183. The third-order valence-corrected chi connectivity index (χ3v) is 3.21. The van der Waals surface area contributed by atoms with E-state index < -0.39 is 0 Å². The summed E-state index contributed by atoms with van der Waals surface area (Å²) in [6, 6.07) is 12.9. The van der Waals surface area contributed by atoms with Gasteiger partial charge in [-0.3, -0.25) is 9.59 Å². The van der Waals surface area contributed by atoms with Crippen molar-refractivity contribution in [1.29, 1.82) is 0 Å². The normalized spacial score (nSPS) is 10.1. The molecule has 2 aromatic carbocycles. The fourth-order valence-corrected chi connectivity index (χ4v) is 1.94. The average molecular weight is 280 g/mol. The molecule has 0 atom stereocenters. The molecule has 0 aliphatic heterocycles. The van der Waals surface area contributed by atoms with Crippen LogP contribution >= 0.6 is 0 Å². The Morgan fingerprint density at radius 2 is 1.24 bits per heavy atom. The van der Waals surface area contributed by atoms with Gasteiger partial charge in [-0.05, 0) is 36.8 Å². The molecule has 1 N–H and O–H groups in total. The van der Waals surface area contributed by atoms with Crippen molar-refractivity contribution in [2.24, 2.45) is 0 Å². The summed E-state index contributed by atoms with van der Waals surface area (Å²) in [4.78, 5) is 24.1. The van der Waals surface area contributed by atoms with Crippen LogP contribution < -0.4 is 0 Å². The van der Waals surface area contributed by atoms with Gasteiger partial charge in [0, 0.05) is 11.1 Å².